The summed E-state index contributed by atoms with van der Waals surface area (Å²) in [6, 6.07) is 11.1. The molecule has 1 aromatic heterocycles. The molecule has 0 aliphatic carbocycles. The number of carboxylic acid groups (broad SMARTS) is 1. The maximum atomic E-state index is 12.9. The molecule has 3 rings (SSSR count). The minimum absolute atomic E-state index is 0.0535. The molecule has 1 atom stereocenters. The van der Waals surface area contributed by atoms with E-state index in [2.05, 4.69) is 13.8 Å². The van der Waals surface area contributed by atoms with Crippen molar-refractivity contribution < 1.29 is 14.7 Å². The molecule has 132 valence electrons. The molecule has 0 bridgehead atoms. The molecule has 0 spiro atoms. The Kier molecular flexibility index (Phi) is 4.93. The summed E-state index contributed by atoms with van der Waals surface area (Å²) in [6.07, 6.45) is 3.84. The summed E-state index contributed by atoms with van der Waals surface area (Å²) in [6.45, 7) is 5.50. The van der Waals surface area contributed by atoms with Gasteiger partial charge in [-0.2, -0.15) is 0 Å². The summed E-state index contributed by atoms with van der Waals surface area (Å²) >= 11 is 0. The van der Waals surface area contributed by atoms with Crippen LogP contribution in [-0.2, 0) is 0 Å². The summed E-state index contributed by atoms with van der Waals surface area (Å²) in [5, 5.41) is 9.19. The zero-order chi connectivity index (χ0) is 18.0. The number of aromatic nitrogens is 1. The molecule has 1 N–H and O–H groups in total. The number of benzene rings is 1. The second-order valence-electron chi connectivity index (χ2n) is 6.92. The van der Waals surface area contributed by atoms with E-state index in [0.717, 1.165) is 30.6 Å². The zero-order valence-electron chi connectivity index (χ0n) is 14.7. The van der Waals surface area contributed by atoms with Crippen molar-refractivity contribution in [3.05, 3.63) is 59.4 Å². The van der Waals surface area contributed by atoms with Gasteiger partial charge in [-0.25, -0.2) is 4.79 Å². The van der Waals surface area contributed by atoms with Gasteiger partial charge in [0.1, 0.15) is 5.69 Å². The Hall–Kier alpha value is -2.56. The Labute approximate surface area is 147 Å². The quantitative estimate of drug-likeness (QED) is 0.921. The SMILES string of the molecule is CC(C)n1cccc1C(=O)N1CCCC(c2cccc(C(=O)O)c2)C1. The zero-order valence-corrected chi connectivity index (χ0v) is 14.7. The maximum Gasteiger partial charge on any atom is 0.335 e. The number of piperidine rings is 1. The third-order valence-corrected chi connectivity index (χ3v) is 4.87. The van der Waals surface area contributed by atoms with E-state index in [9.17, 15) is 14.7 Å². The number of aromatic carboxylic acids is 1. The van der Waals surface area contributed by atoms with Crippen molar-refractivity contribution in [3.63, 3.8) is 0 Å². The lowest BCUT2D eigenvalue weighted by Crippen LogP contribution is -2.40. The molecule has 1 amide bonds. The largest absolute Gasteiger partial charge is 0.478 e. The van der Waals surface area contributed by atoms with Crippen LogP contribution in [0.1, 0.15) is 65.1 Å². The van der Waals surface area contributed by atoms with E-state index >= 15 is 0 Å². The van der Waals surface area contributed by atoms with E-state index in [1.807, 2.05) is 33.9 Å². The molecule has 25 heavy (non-hydrogen) atoms. The van der Waals surface area contributed by atoms with Gasteiger partial charge in [0.25, 0.3) is 5.91 Å². The molecular weight excluding hydrogens is 316 g/mol. The number of hydrogen-bond acceptors (Lipinski definition) is 2. The average molecular weight is 340 g/mol. The third-order valence-electron chi connectivity index (χ3n) is 4.87. The van der Waals surface area contributed by atoms with Crippen LogP contribution in [0.25, 0.3) is 0 Å². The second-order valence-corrected chi connectivity index (χ2v) is 6.92. The minimum Gasteiger partial charge on any atom is -0.478 e. The Bertz CT molecular complexity index is 779. The molecule has 0 radical (unpaired) electrons. The van der Waals surface area contributed by atoms with Gasteiger partial charge in [0, 0.05) is 31.2 Å². The molecule has 1 aromatic carbocycles. The molecule has 2 aromatic rings. The van der Waals surface area contributed by atoms with Crippen molar-refractivity contribution in [1.82, 2.24) is 9.47 Å². The average Bonchev–Trinajstić information content (AvgIpc) is 3.11. The van der Waals surface area contributed by atoms with Crippen LogP contribution in [0.2, 0.25) is 0 Å². The number of rotatable bonds is 4. The van der Waals surface area contributed by atoms with E-state index in [0.29, 0.717) is 12.1 Å². The Balaban J connectivity index is 1.79. The first-order chi connectivity index (χ1) is 12.0. The van der Waals surface area contributed by atoms with Gasteiger partial charge in [0.05, 0.1) is 5.56 Å². The van der Waals surface area contributed by atoms with Crippen LogP contribution in [0.5, 0.6) is 0 Å². The van der Waals surface area contributed by atoms with E-state index in [-0.39, 0.29) is 17.9 Å². The lowest BCUT2D eigenvalue weighted by Gasteiger charge is -2.33. The third kappa shape index (κ3) is 3.60. The molecule has 1 aliphatic rings. The fourth-order valence-corrected chi connectivity index (χ4v) is 3.55. The number of likely N-dealkylation sites (tertiary alicyclic amines) is 1. The monoisotopic (exact) mass is 340 g/mol. The van der Waals surface area contributed by atoms with E-state index < -0.39 is 5.97 Å². The van der Waals surface area contributed by atoms with Crippen LogP contribution in [0, 0.1) is 0 Å². The predicted octanol–water partition coefficient (Wildman–Crippen LogP) is 3.79. The molecule has 5 heteroatoms. The number of carbonyl (C=O) groups excluding carboxylic acids is 1. The molecular formula is C20H24N2O3. The van der Waals surface area contributed by atoms with Gasteiger partial charge in [-0.05, 0) is 56.5 Å². The minimum atomic E-state index is -0.916. The number of carbonyl (C=O) groups is 2. The topological polar surface area (TPSA) is 62.5 Å². The van der Waals surface area contributed by atoms with Crippen molar-refractivity contribution in [2.24, 2.45) is 0 Å². The molecule has 1 unspecified atom stereocenters. The van der Waals surface area contributed by atoms with E-state index in [1.54, 1.807) is 18.2 Å². The smallest absolute Gasteiger partial charge is 0.335 e. The van der Waals surface area contributed by atoms with Crippen molar-refractivity contribution in [2.45, 2.75) is 38.6 Å². The number of amides is 1. The van der Waals surface area contributed by atoms with Crippen LogP contribution in [0.4, 0.5) is 0 Å². The van der Waals surface area contributed by atoms with E-state index in [1.165, 1.54) is 0 Å². The highest BCUT2D eigenvalue weighted by molar-refractivity contribution is 5.93. The second kappa shape index (κ2) is 7.13. The van der Waals surface area contributed by atoms with Gasteiger partial charge in [0.2, 0.25) is 0 Å². The number of nitrogens with zero attached hydrogens (tertiary/aromatic N) is 2. The van der Waals surface area contributed by atoms with Crippen LogP contribution in [0.15, 0.2) is 42.6 Å². The van der Waals surface area contributed by atoms with Crippen LogP contribution >= 0.6 is 0 Å². The lowest BCUT2D eigenvalue weighted by atomic mass is 9.89. The Morgan fingerprint density at radius 1 is 1.20 bits per heavy atom. The van der Waals surface area contributed by atoms with Gasteiger partial charge in [-0.15, -0.1) is 0 Å². The number of carboxylic acids is 1. The van der Waals surface area contributed by atoms with Crippen molar-refractivity contribution >= 4 is 11.9 Å². The Morgan fingerprint density at radius 3 is 2.72 bits per heavy atom. The van der Waals surface area contributed by atoms with Crippen LogP contribution in [-0.4, -0.2) is 39.5 Å². The van der Waals surface area contributed by atoms with Gasteiger partial charge < -0.3 is 14.6 Å². The van der Waals surface area contributed by atoms with Crippen LogP contribution in [0.3, 0.4) is 0 Å². The fourth-order valence-electron chi connectivity index (χ4n) is 3.55. The summed E-state index contributed by atoms with van der Waals surface area (Å²) in [5.74, 6) is -0.683. The van der Waals surface area contributed by atoms with Gasteiger partial charge in [-0.1, -0.05) is 12.1 Å². The molecule has 5 nitrogen and oxygen atoms in total. The lowest BCUT2D eigenvalue weighted by molar-refractivity contribution is 0.0682. The predicted molar refractivity (Wildman–Crippen MR) is 96.1 cm³/mol. The molecule has 1 saturated heterocycles. The molecule has 2 heterocycles. The van der Waals surface area contributed by atoms with Crippen molar-refractivity contribution in [2.75, 3.05) is 13.1 Å². The highest BCUT2D eigenvalue weighted by atomic mass is 16.4. The maximum absolute atomic E-state index is 12.9. The Morgan fingerprint density at radius 2 is 2.00 bits per heavy atom. The van der Waals surface area contributed by atoms with E-state index in [4.69, 9.17) is 0 Å². The first kappa shape index (κ1) is 17.3. The summed E-state index contributed by atoms with van der Waals surface area (Å²) in [7, 11) is 0. The summed E-state index contributed by atoms with van der Waals surface area (Å²) in [4.78, 5) is 26.0. The van der Waals surface area contributed by atoms with Gasteiger partial charge in [0.15, 0.2) is 0 Å². The first-order valence-electron chi connectivity index (χ1n) is 8.76. The van der Waals surface area contributed by atoms with Gasteiger partial charge in [-0.3, -0.25) is 4.79 Å². The molecule has 0 saturated carbocycles. The number of hydrogen-bond donors (Lipinski definition) is 1. The van der Waals surface area contributed by atoms with Crippen molar-refractivity contribution in [3.8, 4) is 0 Å². The fraction of sp³-hybridized carbons (Fsp3) is 0.400. The van der Waals surface area contributed by atoms with Crippen LogP contribution < -0.4 is 0 Å². The summed E-state index contributed by atoms with van der Waals surface area (Å²) in [5.41, 5.74) is 2.02. The summed E-state index contributed by atoms with van der Waals surface area (Å²) < 4.78 is 2.00. The molecule has 1 aliphatic heterocycles. The normalized spacial score (nSPS) is 17.7. The molecule has 1 fully saturated rings. The highest BCUT2D eigenvalue weighted by Gasteiger charge is 2.27. The standard InChI is InChI=1S/C20H24N2O3/c1-14(2)22-11-5-9-18(22)19(23)21-10-4-8-17(13-21)15-6-3-7-16(12-15)20(24)25/h3,5-7,9,11-12,14,17H,4,8,10,13H2,1-2H3,(H,24,25). The van der Waals surface area contributed by atoms with Crippen molar-refractivity contribution in [1.29, 1.82) is 0 Å². The first-order valence-corrected chi connectivity index (χ1v) is 8.76. The highest BCUT2D eigenvalue weighted by Crippen LogP contribution is 2.28. The van der Waals surface area contributed by atoms with Gasteiger partial charge >= 0.3 is 5.97 Å².